The fourth-order valence-electron chi connectivity index (χ4n) is 2.64. The molecule has 0 atom stereocenters. The molecule has 0 aliphatic heterocycles. The highest BCUT2D eigenvalue weighted by Gasteiger charge is 2.13. The number of aromatic nitrogens is 2. The summed E-state index contributed by atoms with van der Waals surface area (Å²) in [5.41, 5.74) is 2.49. The maximum absolute atomic E-state index is 12.5. The van der Waals surface area contributed by atoms with E-state index in [0.717, 1.165) is 11.1 Å². The molecular weight excluding hydrogens is 338 g/mol. The smallest absolute Gasteiger partial charge is 0.261 e. The third-order valence-electron chi connectivity index (χ3n) is 4.19. The number of hydrogen-bond donors (Lipinski definition) is 0. The highest BCUT2D eigenvalue weighted by atomic mass is 35.5. The van der Waals surface area contributed by atoms with Crippen LogP contribution in [0, 0.1) is 6.92 Å². The number of amides is 1. The van der Waals surface area contributed by atoms with Crippen molar-refractivity contribution in [2.45, 2.75) is 20.0 Å². The molecule has 128 valence electrons. The topological polar surface area (TPSA) is 55.2 Å². The van der Waals surface area contributed by atoms with E-state index < -0.39 is 0 Å². The summed E-state index contributed by atoms with van der Waals surface area (Å²) in [4.78, 5) is 30.9. The van der Waals surface area contributed by atoms with E-state index >= 15 is 0 Å². The number of rotatable bonds is 4. The predicted molar refractivity (Wildman–Crippen MR) is 98.7 cm³/mol. The Morgan fingerprint density at radius 3 is 2.76 bits per heavy atom. The number of carbonyl (C=O) groups is 1. The Hall–Kier alpha value is -2.66. The van der Waals surface area contributed by atoms with Gasteiger partial charge in [0, 0.05) is 18.6 Å². The van der Waals surface area contributed by atoms with Crippen molar-refractivity contribution >= 4 is 28.4 Å². The first kappa shape index (κ1) is 17.2. The molecule has 0 spiro atoms. The molecular formula is C19H18ClN3O2. The minimum absolute atomic E-state index is 0.0589. The summed E-state index contributed by atoms with van der Waals surface area (Å²) in [7, 11) is 1.73. The Morgan fingerprint density at radius 2 is 2.00 bits per heavy atom. The maximum atomic E-state index is 12.5. The highest BCUT2D eigenvalue weighted by Crippen LogP contribution is 2.14. The number of likely N-dealkylation sites (N-methyl/N-ethyl adjacent to an activating group) is 1. The van der Waals surface area contributed by atoms with Crippen LogP contribution in [0.2, 0.25) is 5.02 Å². The lowest BCUT2D eigenvalue weighted by Gasteiger charge is -2.19. The second kappa shape index (κ2) is 7.07. The normalized spacial score (nSPS) is 10.8. The summed E-state index contributed by atoms with van der Waals surface area (Å²) in [6, 6.07) is 12.9. The standard InChI is InChI=1S/C19H18ClN3O2/c1-13-5-3-4-6-14(13)10-22(2)18(24)11-23-12-21-17-8-7-15(20)9-16(17)19(23)25/h3-9,12H,10-11H2,1-2H3. The van der Waals surface area contributed by atoms with Gasteiger partial charge in [-0.2, -0.15) is 0 Å². The van der Waals surface area contributed by atoms with Crippen LogP contribution in [-0.4, -0.2) is 27.4 Å². The first-order valence-corrected chi connectivity index (χ1v) is 8.26. The third-order valence-corrected chi connectivity index (χ3v) is 4.42. The SMILES string of the molecule is Cc1ccccc1CN(C)C(=O)Cn1cnc2ccc(Cl)cc2c1=O. The van der Waals surface area contributed by atoms with Gasteiger partial charge in [-0.05, 0) is 36.2 Å². The van der Waals surface area contributed by atoms with Crippen molar-refractivity contribution < 1.29 is 4.79 Å². The zero-order valence-electron chi connectivity index (χ0n) is 14.1. The molecule has 5 nitrogen and oxygen atoms in total. The second-order valence-corrected chi connectivity index (χ2v) is 6.45. The van der Waals surface area contributed by atoms with E-state index in [1.807, 2.05) is 31.2 Å². The predicted octanol–water partition coefficient (Wildman–Crippen LogP) is 3.02. The van der Waals surface area contributed by atoms with Gasteiger partial charge in [0.05, 0.1) is 17.2 Å². The van der Waals surface area contributed by atoms with Gasteiger partial charge in [0.25, 0.3) is 5.56 Å². The van der Waals surface area contributed by atoms with Crippen LogP contribution in [-0.2, 0) is 17.9 Å². The van der Waals surface area contributed by atoms with Crippen molar-refractivity contribution in [2.24, 2.45) is 0 Å². The van der Waals surface area contributed by atoms with Crippen molar-refractivity contribution in [2.75, 3.05) is 7.05 Å². The Kier molecular flexibility index (Phi) is 4.86. The van der Waals surface area contributed by atoms with Crippen LogP contribution in [0.5, 0.6) is 0 Å². The van der Waals surface area contributed by atoms with Gasteiger partial charge in [-0.1, -0.05) is 35.9 Å². The fraction of sp³-hybridized carbons (Fsp3) is 0.211. The molecule has 1 amide bonds. The van der Waals surface area contributed by atoms with Gasteiger partial charge in [-0.25, -0.2) is 4.98 Å². The monoisotopic (exact) mass is 355 g/mol. The Labute approximate surface area is 150 Å². The van der Waals surface area contributed by atoms with E-state index in [-0.39, 0.29) is 18.0 Å². The van der Waals surface area contributed by atoms with Crippen LogP contribution >= 0.6 is 11.6 Å². The largest absolute Gasteiger partial charge is 0.340 e. The quantitative estimate of drug-likeness (QED) is 0.723. The van der Waals surface area contributed by atoms with E-state index in [4.69, 9.17) is 11.6 Å². The molecule has 0 fully saturated rings. The highest BCUT2D eigenvalue weighted by molar-refractivity contribution is 6.31. The Bertz CT molecular complexity index is 997. The minimum Gasteiger partial charge on any atom is -0.340 e. The molecule has 0 bridgehead atoms. The Morgan fingerprint density at radius 1 is 1.24 bits per heavy atom. The molecule has 3 rings (SSSR count). The van der Waals surface area contributed by atoms with Crippen molar-refractivity contribution in [3.8, 4) is 0 Å². The molecule has 0 unspecified atom stereocenters. The Balaban J connectivity index is 1.81. The number of hydrogen-bond acceptors (Lipinski definition) is 3. The first-order chi connectivity index (χ1) is 12.0. The van der Waals surface area contributed by atoms with E-state index in [0.29, 0.717) is 22.5 Å². The number of halogens is 1. The summed E-state index contributed by atoms with van der Waals surface area (Å²) in [5.74, 6) is -0.159. The number of nitrogens with zero attached hydrogens (tertiary/aromatic N) is 3. The molecule has 0 saturated carbocycles. The molecule has 0 aliphatic rings. The average Bonchev–Trinajstić information content (AvgIpc) is 2.59. The molecule has 1 heterocycles. The van der Waals surface area contributed by atoms with E-state index in [1.165, 1.54) is 10.9 Å². The van der Waals surface area contributed by atoms with Crippen molar-refractivity contribution in [1.82, 2.24) is 14.5 Å². The lowest BCUT2D eigenvalue weighted by atomic mass is 10.1. The number of aryl methyl sites for hydroxylation is 1. The van der Waals surface area contributed by atoms with E-state index in [2.05, 4.69) is 4.98 Å². The van der Waals surface area contributed by atoms with Gasteiger partial charge in [-0.15, -0.1) is 0 Å². The van der Waals surface area contributed by atoms with E-state index in [9.17, 15) is 9.59 Å². The lowest BCUT2D eigenvalue weighted by molar-refractivity contribution is -0.131. The van der Waals surface area contributed by atoms with Gasteiger partial charge in [0.2, 0.25) is 5.91 Å². The van der Waals surface area contributed by atoms with Crippen LogP contribution in [0.25, 0.3) is 10.9 Å². The molecule has 25 heavy (non-hydrogen) atoms. The molecule has 0 N–H and O–H groups in total. The van der Waals surface area contributed by atoms with Gasteiger partial charge < -0.3 is 4.90 Å². The molecule has 3 aromatic rings. The lowest BCUT2D eigenvalue weighted by Crippen LogP contribution is -2.33. The molecule has 0 aliphatic carbocycles. The van der Waals surface area contributed by atoms with Crippen LogP contribution in [0.3, 0.4) is 0 Å². The maximum Gasteiger partial charge on any atom is 0.261 e. The molecule has 0 saturated heterocycles. The van der Waals surface area contributed by atoms with Crippen molar-refractivity contribution in [3.05, 3.63) is 75.3 Å². The van der Waals surface area contributed by atoms with Crippen LogP contribution in [0.4, 0.5) is 0 Å². The van der Waals surface area contributed by atoms with Crippen molar-refractivity contribution in [1.29, 1.82) is 0 Å². The summed E-state index contributed by atoms with van der Waals surface area (Å²) >= 11 is 5.95. The summed E-state index contributed by atoms with van der Waals surface area (Å²) in [5, 5.41) is 0.872. The summed E-state index contributed by atoms with van der Waals surface area (Å²) < 4.78 is 1.31. The van der Waals surface area contributed by atoms with Gasteiger partial charge in [0.15, 0.2) is 0 Å². The number of fused-ring (bicyclic) bond motifs is 1. The van der Waals surface area contributed by atoms with E-state index in [1.54, 1.807) is 30.1 Å². The molecule has 6 heteroatoms. The zero-order valence-corrected chi connectivity index (χ0v) is 14.8. The van der Waals surface area contributed by atoms with Gasteiger partial charge in [0.1, 0.15) is 6.54 Å². The molecule has 0 radical (unpaired) electrons. The van der Waals surface area contributed by atoms with Gasteiger partial charge in [-0.3, -0.25) is 14.2 Å². The second-order valence-electron chi connectivity index (χ2n) is 6.02. The van der Waals surface area contributed by atoms with Crippen LogP contribution < -0.4 is 5.56 Å². The van der Waals surface area contributed by atoms with Crippen molar-refractivity contribution in [3.63, 3.8) is 0 Å². The minimum atomic E-state index is -0.273. The van der Waals surface area contributed by atoms with Gasteiger partial charge >= 0.3 is 0 Å². The number of benzene rings is 2. The molecule has 1 aromatic heterocycles. The third kappa shape index (κ3) is 3.72. The van der Waals surface area contributed by atoms with Crippen LogP contribution in [0.1, 0.15) is 11.1 Å². The zero-order chi connectivity index (χ0) is 18.0. The number of carbonyl (C=O) groups excluding carboxylic acids is 1. The first-order valence-electron chi connectivity index (χ1n) is 7.89. The summed E-state index contributed by atoms with van der Waals surface area (Å²) in [6.45, 7) is 2.44. The molecule has 2 aromatic carbocycles. The summed E-state index contributed by atoms with van der Waals surface area (Å²) in [6.07, 6.45) is 1.40. The fourth-order valence-corrected chi connectivity index (χ4v) is 2.81. The average molecular weight is 356 g/mol. The van der Waals surface area contributed by atoms with Crippen LogP contribution in [0.15, 0.2) is 53.6 Å².